The number of rotatable bonds is 6. The maximum atomic E-state index is 11.4. The zero-order chi connectivity index (χ0) is 10.8. The van der Waals surface area contributed by atoms with E-state index in [9.17, 15) is 9.70 Å². The Morgan fingerprint density at radius 3 is 2.79 bits per heavy atom. The van der Waals surface area contributed by atoms with E-state index in [1.165, 1.54) is 6.08 Å². The van der Waals surface area contributed by atoms with Crippen LogP contribution in [0.5, 0.6) is 0 Å². The van der Waals surface area contributed by atoms with Gasteiger partial charge in [0.2, 0.25) is 0 Å². The summed E-state index contributed by atoms with van der Waals surface area (Å²) >= 11 is 0. The van der Waals surface area contributed by atoms with E-state index in [0.29, 0.717) is 5.57 Å². The summed E-state index contributed by atoms with van der Waals surface area (Å²) in [6.45, 7) is 5.66. The fourth-order valence-corrected chi connectivity index (χ4v) is 0.831. The molecule has 0 aromatic heterocycles. The van der Waals surface area contributed by atoms with Crippen LogP contribution in [-0.2, 0) is 4.79 Å². The summed E-state index contributed by atoms with van der Waals surface area (Å²) in [5.41, 5.74) is 0.508. The lowest BCUT2D eigenvalue weighted by molar-refractivity contribution is -0.117. The van der Waals surface area contributed by atoms with Crippen molar-refractivity contribution in [3.8, 4) is 0 Å². The van der Waals surface area contributed by atoms with Gasteiger partial charge in [0.05, 0.1) is 6.54 Å². The SMILES string of the molecule is C=C/C=C(\C=C/C)C(=O)NCCN=O. The van der Waals surface area contributed by atoms with Crippen LogP contribution in [0, 0.1) is 4.91 Å². The molecule has 0 aromatic carbocycles. The smallest absolute Gasteiger partial charge is 0.251 e. The lowest BCUT2D eigenvalue weighted by Gasteiger charge is -2.02. The highest BCUT2D eigenvalue weighted by molar-refractivity contribution is 5.96. The van der Waals surface area contributed by atoms with Crippen LogP contribution in [0.25, 0.3) is 0 Å². The summed E-state index contributed by atoms with van der Waals surface area (Å²) in [6, 6.07) is 0. The summed E-state index contributed by atoms with van der Waals surface area (Å²) in [5.74, 6) is -0.230. The molecule has 14 heavy (non-hydrogen) atoms. The Morgan fingerprint density at radius 2 is 2.29 bits per heavy atom. The van der Waals surface area contributed by atoms with Crippen LogP contribution in [-0.4, -0.2) is 19.0 Å². The molecule has 0 bridgehead atoms. The zero-order valence-electron chi connectivity index (χ0n) is 8.19. The quantitative estimate of drug-likeness (QED) is 0.302. The number of amides is 1. The molecule has 4 nitrogen and oxygen atoms in total. The van der Waals surface area contributed by atoms with Crippen LogP contribution >= 0.6 is 0 Å². The molecule has 0 aliphatic rings. The Bertz CT molecular complexity index is 267. The van der Waals surface area contributed by atoms with Crippen LogP contribution in [0.3, 0.4) is 0 Å². The summed E-state index contributed by atoms with van der Waals surface area (Å²) in [4.78, 5) is 21.1. The molecule has 4 heteroatoms. The highest BCUT2D eigenvalue weighted by Gasteiger charge is 2.03. The molecule has 0 spiro atoms. The average Bonchev–Trinajstić information content (AvgIpc) is 2.18. The van der Waals surface area contributed by atoms with Crippen molar-refractivity contribution in [2.45, 2.75) is 6.92 Å². The van der Waals surface area contributed by atoms with Crippen LogP contribution in [0.1, 0.15) is 6.92 Å². The first-order valence-corrected chi connectivity index (χ1v) is 4.29. The Kier molecular flexibility index (Phi) is 6.95. The first-order chi connectivity index (χ1) is 6.76. The van der Waals surface area contributed by atoms with Gasteiger partial charge in [-0.15, -0.1) is 0 Å². The normalized spacial score (nSPS) is 11.4. The second kappa shape index (κ2) is 7.91. The van der Waals surface area contributed by atoms with E-state index in [1.54, 1.807) is 18.2 Å². The maximum Gasteiger partial charge on any atom is 0.251 e. The third kappa shape index (κ3) is 5.03. The van der Waals surface area contributed by atoms with E-state index in [1.807, 2.05) is 6.92 Å². The van der Waals surface area contributed by atoms with E-state index in [2.05, 4.69) is 17.1 Å². The van der Waals surface area contributed by atoms with Gasteiger partial charge in [-0.05, 0) is 6.92 Å². The second-order valence-electron chi connectivity index (χ2n) is 2.47. The van der Waals surface area contributed by atoms with Gasteiger partial charge in [0.15, 0.2) is 0 Å². The molecule has 1 amide bonds. The van der Waals surface area contributed by atoms with Gasteiger partial charge in [-0.25, -0.2) is 0 Å². The Labute approximate surface area is 83.4 Å². The van der Waals surface area contributed by atoms with Crippen LogP contribution in [0.2, 0.25) is 0 Å². The first-order valence-electron chi connectivity index (χ1n) is 4.29. The van der Waals surface area contributed by atoms with Crippen molar-refractivity contribution in [2.75, 3.05) is 13.1 Å². The summed E-state index contributed by atoms with van der Waals surface area (Å²) < 4.78 is 0. The van der Waals surface area contributed by atoms with Gasteiger partial charge in [0.1, 0.15) is 0 Å². The molecule has 76 valence electrons. The Morgan fingerprint density at radius 1 is 1.57 bits per heavy atom. The fraction of sp³-hybridized carbons (Fsp3) is 0.300. The van der Waals surface area contributed by atoms with E-state index < -0.39 is 0 Å². The average molecular weight is 194 g/mol. The number of allylic oxidation sites excluding steroid dienone is 3. The number of nitrogens with one attached hydrogen (secondary N) is 1. The Hall–Kier alpha value is -1.71. The molecule has 0 unspecified atom stereocenters. The molecule has 0 aliphatic heterocycles. The number of hydrogen-bond acceptors (Lipinski definition) is 3. The third-order valence-corrected chi connectivity index (χ3v) is 1.39. The van der Waals surface area contributed by atoms with Crippen molar-refractivity contribution >= 4 is 5.91 Å². The molecule has 0 fully saturated rings. The topological polar surface area (TPSA) is 58.5 Å². The van der Waals surface area contributed by atoms with Crippen molar-refractivity contribution in [3.63, 3.8) is 0 Å². The highest BCUT2D eigenvalue weighted by atomic mass is 16.3. The van der Waals surface area contributed by atoms with E-state index in [0.717, 1.165) is 0 Å². The molecule has 0 rings (SSSR count). The van der Waals surface area contributed by atoms with Crippen molar-refractivity contribution in [2.24, 2.45) is 5.18 Å². The van der Waals surface area contributed by atoms with Crippen molar-refractivity contribution in [3.05, 3.63) is 41.4 Å². The molecule has 0 saturated carbocycles. The predicted octanol–water partition coefficient (Wildman–Crippen LogP) is 1.56. The van der Waals surface area contributed by atoms with Crippen molar-refractivity contribution in [1.82, 2.24) is 5.32 Å². The van der Waals surface area contributed by atoms with Crippen LogP contribution in [0.4, 0.5) is 0 Å². The van der Waals surface area contributed by atoms with Crippen molar-refractivity contribution in [1.29, 1.82) is 0 Å². The number of hydrogen-bond donors (Lipinski definition) is 1. The molecule has 1 N–H and O–H groups in total. The first kappa shape index (κ1) is 12.3. The molecule has 0 atom stereocenters. The van der Waals surface area contributed by atoms with Gasteiger partial charge in [0, 0.05) is 12.1 Å². The monoisotopic (exact) mass is 194 g/mol. The van der Waals surface area contributed by atoms with Crippen molar-refractivity contribution < 1.29 is 4.79 Å². The maximum absolute atomic E-state index is 11.4. The molecule has 0 aromatic rings. The minimum atomic E-state index is -0.230. The summed E-state index contributed by atoms with van der Waals surface area (Å²) in [6.07, 6.45) is 6.56. The molecule has 0 aliphatic carbocycles. The van der Waals surface area contributed by atoms with Gasteiger partial charge in [0.25, 0.3) is 5.91 Å². The van der Waals surface area contributed by atoms with E-state index in [4.69, 9.17) is 0 Å². The summed E-state index contributed by atoms with van der Waals surface area (Å²) in [5, 5.41) is 5.19. The number of carbonyl (C=O) groups is 1. The van der Waals surface area contributed by atoms with Gasteiger partial charge in [-0.3, -0.25) is 4.79 Å². The van der Waals surface area contributed by atoms with E-state index in [-0.39, 0.29) is 19.0 Å². The molecule has 0 saturated heterocycles. The minimum absolute atomic E-state index is 0.0863. The molecule has 0 heterocycles. The van der Waals surface area contributed by atoms with E-state index >= 15 is 0 Å². The minimum Gasteiger partial charge on any atom is -0.350 e. The van der Waals surface area contributed by atoms with Gasteiger partial charge < -0.3 is 5.32 Å². The molecular weight excluding hydrogens is 180 g/mol. The molecular formula is C10H14N2O2. The number of nitroso groups, excluding NO2 is 1. The zero-order valence-corrected chi connectivity index (χ0v) is 8.19. The lowest BCUT2D eigenvalue weighted by Crippen LogP contribution is -2.26. The third-order valence-electron chi connectivity index (χ3n) is 1.39. The second-order valence-corrected chi connectivity index (χ2v) is 2.47. The fourth-order valence-electron chi connectivity index (χ4n) is 0.831. The summed E-state index contributed by atoms with van der Waals surface area (Å²) in [7, 11) is 0. The van der Waals surface area contributed by atoms with Crippen LogP contribution in [0.15, 0.2) is 41.6 Å². The highest BCUT2D eigenvalue weighted by Crippen LogP contribution is 1.97. The van der Waals surface area contributed by atoms with Gasteiger partial charge in [-0.1, -0.05) is 36.1 Å². The van der Waals surface area contributed by atoms with Crippen LogP contribution < -0.4 is 5.32 Å². The number of carbonyl (C=O) groups excluding carboxylic acids is 1. The number of nitrogens with zero attached hydrogens (tertiary/aromatic N) is 1. The lowest BCUT2D eigenvalue weighted by atomic mass is 10.2. The van der Waals surface area contributed by atoms with Gasteiger partial charge >= 0.3 is 0 Å². The van der Waals surface area contributed by atoms with Gasteiger partial charge in [-0.2, -0.15) is 4.91 Å². The molecule has 0 radical (unpaired) electrons. The Balaban J connectivity index is 4.23. The predicted molar refractivity (Wildman–Crippen MR) is 56.8 cm³/mol. The standard InChI is InChI=1S/C10H14N2O2/c1-3-5-9(6-4-2)10(13)11-7-8-12-14/h3-6H,1,7-8H2,2H3,(H,11,13)/b6-4-,9-5+. The largest absolute Gasteiger partial charge is 0.350 e.